The van der Waals surface area contributed by atoms with Gasteiger partial charge in [0, 0.05) is 23.9 Å². The normalized spacial score (nSPS) is 10.2. The van der Waals surface area contributed by atoms with Crippen LogP contribution in [0.5, 0.6) is 5.88 Å². The van der Waals surface area contributed by atoms with Crippen LogP contribution < -0.4 is 10.5 Å². The molecule has 5 heteroatoms. The number of amides is 1. The zero-order valence-electron chi connectivity index (χ0n) is 8.14. The smallest absolute Gasteiger partial charge is 0.241 e. The van der Waals surface area contributed by atoms with Gasteiger partial charge in [0.2, 0.25) is 11.8 Å². The first-order valence-corrected chi connectivity index (χ1v) is 4.15. The number of aromatic nitrogens is 1. The average Bonchev–Trinajstić information content (AvgIpc) is 2.26. The van der Waals surface area contributed by atoms with Crippen molar-refractivity contribution >= 4 is 11.7 Å². The number of allylic oxidation sites excluding steroid dienone is 1. The monoisotopic (exact) mass is 206 g/mol. The molecular weight excluding hydrogens is 196 g/mol. The third kappa shape index (κ3) is 3.22. The summed E-state index contributed by atoms with van der Waals surface area (Å²) in [6.07, 6.45) is 3.48. The summed E-state index contributed by atoms with van der Waals surface area (Å²) in [7, 11) is 1.48. The molecule has 78 valence electrons. The van der Waals surface area contributed by atoms with Gasteiger partial charge in [-0.15, -0.1) is 0 Å². The molecule has 15 heavy (non-hydrogen) atoms. The summed E-state index contributed by atoms with van der Waals surface area (Å²) in [6.45, 7) is 0. The molecule has 0 bridgehead atoms. The lowest BCUT2D eigenvalue weighted by molar-refractivity contribution is -0.113. The minimum Gasteiger partial charge on any atom is -0.481 e. The van der Waals surface area contributed by atoms with Gasteiger partial charge >= 0.3 is 0 Å². The molecule has 0 saturated carbocycles. The fourth-order valence-corrected chi connectivity index (χ4v) is 0.901. The van der Waals surface area contributed by atoms with Crippen molar-refractivity contribution in [3.8, 4) is 5.88 Å². The van der Waals surface area contributed by atoms with E-state index in [1.807, 2.05) is 0 Å². The highest BCUT2D eigenvalue weighted by Crippen LogP contribution is 2.07. The first-order valence-electron chi connectivity index (χ1n) is 4.15. The third-order valence-corrected chi connectivity index (χ3v) is 1.63. The minimum absolute atomic E-state index is 0.330. The van der Waals surface area contributed by atoms with Crippen LogP contribution in [-0.4, -0.2) is 23.8 Å². The standard InChI is InChI=1S/C10H10N2O3/c1-15-10-5-2-7(6-12-10)8(13)3-4-9(11)14/h2-6H,1H3,(H2,11,14)/b4-3+. The van der Waals surface area contributed by atoms with E-state index in [0.29, 0.717) is 11.4 Å². The van der Waals surface area contributed by atoms with Crippen LogP contribution in [0.1, 0.15) is 10.4 Å². The molecule has 0 radical (unpaired) electrons. The lowest BCUT2D eigenvalue weighted by atomic mass is 10.2. The molecule has 0 spiro atoms. The minimum atomic E-state index is -0.662. The van der Waals surface area contributed by atoms with Crippen molar-refractivity contribution in [1.82, 2.24) is 4.98 Å². The lowest BCUT2D eigenvalue weighted by Gasteiger charge is -1.98. The second-order valence-corrected chi connectivity index (χ2v) is 2.69. The summed E-state index contributed by atoms with van der Waals surface area (Å²) in [5.41, 5.74) is 5.22. The largest absolute Gasteiger partial charge is 0.481 e. The highest BCUT2D eigenvalue weighted by molar-refractivity contribution is 6.07. The number of hydrogen-bond acceptors (Lipinski definition) is 4. The van der Waals surface area contributed by atoms with Gasteiger partial charge in [0.1, 0.15) is 0 Å². The molecule has 0 fully saturated rings. The van der Waals surface area contributed by atoms with Crippen molar-refractivity contribution in [2.45, 2.75) is 0 Å². The fourth-order valence-electron chi connectivity index (χ4n) is 0.901. The number of carbonyl (C=O) groups is 2. The molecule has 0 atom stereocenters. The third-order valence-electron chi connectivity index (χ3n) is 1.63. The van der Waals surface area contributed by atoms with Crippen molar-refractivity contribution in [1.29, 1.82) is 0 Å². The molecule has 0 aromatic carbocycles. The van der Waals surface area contributed by atoms with E-state index < -0.39 is 5.91 Å². The van der Waals surface area contributed by atoms with Crippen LogP contribution in [0.25, 0.3) is 0 Å². The van der Waals surface area contributed by atoms with Crippen molar-refractivity contribution < 1.29 is 14.3 Å². The Balaban J connectivity index is 2.79. The number of ketones is 1. The molecule has 1 aromatic rings. The first-order chi connectivity index (χ1) is 7.13. The van der Waals surface area contributed by atoms with Gasteiger partial charge in [-0.25, -0.2) is 4.98 Å². The number of methoxy groups -OCH3 is 1. The van der Waals surface area contributed by atoms with Gasteiger partial charge in [-0.2, -0.15) is 0 Å². The number of nitrogens with two attached hydrogens (primary N) is 1. The maximum Gasteiger partial charge on any atom is 0.241 e. The molecule has 2 N–H and O–H groups in total. The number of rotatable bonds is 4. The van der Waals surface area contributed by atoms with Crippen molar-refractivity contribution in [2.75, 3.05) is 7.11 Å². The predicted octanol–water partition coefficient (Wildman–Crippen LogP) is 0.314. The van der Waals surface area contributed by atoms with Crippen molar-refractivity contribution in [3.05, 3.63) is 36.0 Å². The van der Waals surface area contributed by atoms with E-state index in [9.17, 15) is 9.59 Å². The molecular formula is C10H10N2O3. The lowest BCUT2D eigenvalue weighted by Crippen LogP contribution is -2.07. The predicted molar refractivity (Wildman–Crippen MR) is 53.5 cm³/mol. The number of primary amides is 1. The van der Waals surface area contributed by atoms with Crippen LogP contribution in [0.3, 0.4) is 0 Å². The SMILES string of the molecule is COc1ccc(C(=O)/C=C/C(N)=O)cn1. The highest BCUT2D eigenvalue weighted by atomic mass is 16.5. The highest BCUT2D eigenvalue weighted by Gasteiger charge is 2.02. The van der Waals surface area contributed by atoms with Crippen LogP contribution in [0, 0.1) is 0 Å². The Morgan fingerprint density at radius 3 is 2.60 bits per heavy atom. The van der Waals surface area contributed by atoms with E-state index in [2.05, 4.69) is 4.98 Å². The number of ether oxygens (including phenoxy) is 1. The van der Waals surface area contributed by atoms with E-state index in [-0.39, 0.29) is 5.78 Å². The average molecular weight is 206 g/mol. The summed E-state index contributed by atoms with van der Waals surface area (Å²) in [5, 5.41) is 0. The molecule has 1 amide bonds. The second-order valence-electron chi connectivity index (χ2n) is 2.69. The van der Waals surface area contributed by atoms with Gasteiger partial charge in [-0.05, 0) is 12.1 Å². The molecule has 1 aromatic heterocycles. The topological polar surface area (TPSA) is 82.3 Å². The second kappa shape index (κ2) is 4.90. The number of nitrogens with zero attached hydrogens (tertiary/aromatic N) is 1. The molecule has 1 heterocycles. The van der Waals surface area contributed by atoms with Crippen LogP contribution in [-0.2, 0) is 4.79 Å². The van der Waals surface area contributed by atoms with Gasteiger partial charge in [0.15, 0.2) is 5.78 Å². The summed E-state index contributed by atoms with van der Waals surface area (Å²) in [6, 6.07) is 3.12. The Kier molecular flexibility index (Phi) is 3.56. The van der Waals surface area contributed by atoms with Gasteiger partial charge in [-0.3, -0.25) is 9.59 Å². The molecule has 0 aliphatic heterocycles. The molecule has 0 aliphatic rings. The zero-order chi connectivity index (χ0) is 11.3. The molecule has 0 aliphatic carbocycles. The van der Waals surface area contributed by atoms with Gasteiger partial charge in [-0.1, -0.05) is 0 Å². The molecule has 0 saturated heterocycles. The Morgan fingerprint density at radius 2 is 2.13 bits per heavy atom. The van der Waals surface area contributed by atoms with Crippen LogP contribution in [0.15, 0.2) is 30.5 Å². The molecule has 0 unspecified atom stereocenters. The zero-order valence-corrected chi connectivity index (χ0v) is 8.14. The first kappa shape index (κ1) is 10.9. The fraction of sp³-hybridized carbons (Fsp3) is 0.100. The summed E-state index contributed by atoms with van der Waals surface area (Å²) in [5.74, 6) is -0.570. The van der Waals surface area contributed by atoms with Crippen LogP contribution >= 0.6 is 0 Å². The van der Waals surface area contributed by atoms with E-state index in [0.717, 1.165) is 12.2 Å². The number of carbonyl (C=O) groups excluding carboxylic acids is 2. The summed E-state index contributed by atoms with van der Waals surface area (Å²) < 4.78 is 4.83. The van der Waals surface area contributed by atoms with E-state index in [4.69, 9.17) is 10.5 Å². The van der Waals surface area contributed by atoms with E-state index in [1.54, 1.807) is 12.1 Å². The van der Waals surface area contributed by atoms with Crippen molar-refractivity contribution in [3.63, 3.8) is 0 Å². The summed E-state index contributed by atoms with van der Waals surface area (Å²) in [4.78, 5) is 25.6. The molecule has 1 rings (SSSR count). The number of pyridine rings is 1. The summed E-state index contributed by atoms with van der Waals surface area (Å²) >= 11 is 0. The van der Waals surface area contributed by atoms with E-state index >= 15 is 0 Å². The number of hydrogen-bond donors (Lipinski definition) is 1. The Morgan fingerprint density at radius 1 is 1.40 bits per heavy atom. The maximum atomic E-state index is 11.4. The van der Waals surface area contributed by atoms with Gasteiger partial charge in [0.25, 0.3) is 0 Å². The van der Waals surface area contributed by atoms with Crippen molar-refractivity contribution in [2.24, 2.45) is 5.73 Å². The van der Waals surface area contributed by atoms with Crippen LogP contribution in [0.4, 0.5) is 0 Å². The quantitative estimate of drug-likeness (QED) is 0.568. The Bertz CT molecular complexity index is 396. The Labute approximate surface area is 86.6 Å². The van der Waals surface area contributed by atoms with Gasteiger partial charge in [0.05, 0.1) is 7.11 Å². The van der Waals surface area contributed by atoms with Gasteiger partial charge < -0.3 is 10.5 Å². The maximum absolute atomic E-state index is 11.4. The Hall–Kier alpha value is -2.17. The van der Waals surface area contributed by atoms with Crippen LogP contribution in [0.2, 0.25) is 0 Å². The van der Waals surface area contributed by atoms with E-state index in [1.165, 1.54) is 13.3 Å². The molecule has 5 nitrogen and oxygen atoms in total.